The van der Waals surface area contributed by atoms with Gasteiger partial charge in [-0.05, 0) is 50.3 Å². The zero-order valence-corrected chi connectivity index (χ0v) is 20.2. The number of nitriles is 1. The minimum Gasteiger partial charge on any atom is -0.465 e. The number of benzene rings is 1. The maximum Gasteiger partial charge on any atom is 0.407 e. The summed E-state index contributed by atoms with van der Waals surface area (Å²) in [7, 11) is 0. The first-order chi connectivity index (χ1) is 17.6. The molecule has 1 saturated carbocycles. The highest BCUT2D eigenvalue weighted by atomic mass is 19.3. The molecule has 3 aromatic rings. The van der Waals surface area contributed by atoms with Gasteiger partial charge in [-0.15, -0.1) is 0 Å². The number of aromatic nitrogens is 3. The largest absolute Gasteiger partial charge is 0.465 e. The van der Waals surface area contributed by atoms with Crippen molar-refractivity contribution in [2.45, 2.75) is 50.0 Å². The van der Waals surface area contributed by atoms with E-state index >= 15 is 8.78 Å². The number of halogens is 2. The minimum absolute atomic E-state index is 0.0885. The molecule has 37 heavy (non-hydrogen) atoms. The van der Waals surface area contributed by atoms with E-state index in [0.29, 0.717) is 40.8 Å². The minimum atomic E-state index is -3.10. The van der Waals surface area contributed by atoms with E-state index in [1.165, 1.54) is 23.4 Å². The van der Waals surface area contributed by atoms with E-state index in [1.54, 1.807) is 18.2 Å². The lowest BCUT2D eigenvalue weighted by Crippen LogP contribution is -2.41. The van der Waals surface area contributed by atoms with Crippen molar-refractivity contribution in [1.82, 2.24) is 19.9 Å². The van der Waals surface area contributed by atoms with Crippen molar-refractivity contribution >= 4 is 22.9 Å². The fourth-order valence-electron chi connectivity index (χ4n) is 5.03. The van der Waals surface area contributed by atoms with Crippen LogP contribution in [0.25, 0.3) is 11.0 Å². The smallest absolute Gasteiger partial charge is 0.407 e. The third-order valence-electron chi connectivity index (χ3n) is 7.53. The molecule has 1 aliphatic heterocycles. The van der Waals surface area contributed by atoms with Crippen molar-refractivity contribution in [3.63, 3.8) is 0 Å². The van der Waals surface area contributed by atoms with Crippen LogP contribution in [-0.2, 0) is 11.3 Å². The molecule has 0 bridgehead atoms. The second-order valence-corrected chi connectivity index (χ2v) is 9.85. The van der Waals surface area contributed by atoms with Crippen molar-refractivity contribution < 1.29 is 18.7 Å². The molecule has 0 unspecified atom stereocenters. The topological polar surface area (TPSA) is 135 Å². The number of carbonyl (C=O) groups is 1. The summed E-state index contributed by atoms with van der Waals surface area (Å²) >= 11 is 0. The van der Waals surface area contributed by atoms with Crippen molar-refractivity contribution in [2.75, 3.05) is 18.4 Å². The molecule has 192 valence electrons. The summed E-state index contributed by atoms with van der Waals surface area (Å²) in [5.74, 6) is -3.63. The Labute approximate surface area is 211 Å². The highest BCUT2D eigenvalue weighted by Crippen LogP contribution is 2.47. The summed E-state index contributed by atoms with van der Waals surface area (Å²) in [6.07, 6.45) is 1.63. The van der Waals surface area contributed by atoms with E-state index in [4.69, 9.17) is 5.11 Å². The number of pyridine rings is 1. The SMILES string of the molecule is C[C@@H](Nc1ncnc2[nH]c(=O)c(C3(C#N)CC3)cc12)c1cccc(C(F)(F)C2CCN(C(=O)O)CC2)c1. The molecular weight excluding hydrogens is 482 g/mol. The summed E-state index contributed by atoms with van der Waals surface area (Å²) in [5, 5.41) is 22.4. The summed E-state index contributed by atoms with van der Waals surface area (Å²) in [5.41, 5.74) is 0.0572. The van der Waals surface area contributed by atoms with Gasteiger partial charge in [-0.25, -0.2) is 23.5 Å². The van der Waals surface area contributed by atoms with Gasteiger partial charge in [0.25, 0.3) is 11.5 Å². The number of fused-ring (bicyclic) bond motifs is 1. The van der Waals surface area contributed by atoms with Gasteiger partial charge in [0, 0.05) is 36.2 Å². The number of rotatable bonds is 6. The Morgan fingerprint density at radius 1 is 1.30 bits per heavy atom. The number of carboxylic acid groups (broad SMARTS) is 1. The molecule has 2 aromatic heterocycles. The summed E-state index contributed by atoms with van der Waals surface area (Å²) in [6.45, 7) is 2.00. The fourth-order valence-corrected chi connectivity index (χ4v) is 5.03. The molecule has 1 saturated heterocycles. The normalized spacial score (nSPS) is 18.3. The Kier molecular flexibility index (Phi) is 6.06. The molecule has 2 aliphatic rings. The van der Waals surface area contributed by atoms with E-state index in [0.717, 1.165) is 0 Å². The van der Waals surface area contributed by atoms with Gasteiger partial charge in [-0.1, -0.05) is 18.2 Å². The summed E-state index contributed by atoms with van der Waals surface area (Å²) < 4.78 is 30.8. The van der Waals surface area contributed by atoms with Gasteiger partial charge in [-0.2, -0.15) is 5.26 Å². The van der Waals surface area contributed by atoms with E-state index < -0.39 is 29.4 Å². The zero-order chi connectivity index (χ0) is 26.4. The molecule has 9 nitrogen and oxygen atoms in total. The molecular formula is C26H26F2N6O3. The molecule has 11 heteroatoms. The van der Waals surface area contributed by atoms with E-state index in [9.17, 15) is 14.9 Å². The first kappa shape index (κ1) is 24.6. The summed E-state index contributed by atoms with van der Waals surface area (Å²) in [6, 6.07) is 9.66. The van der Waals surface area contributed by atoms with Crippen molar-refractivity contribution in [3.05, 3.63) is 63.7 Å². The summed E-state index contributed by atoms with van der Waals surface area (Å²) in [4.78, 5) is 36.0. The third kappa shape index (κ3) is 4.48. The molecule has 3 heterocycles. The van der Waals surface area contributed by atoms with Gasteiger partial charge < -0.3 is 20.3 Å². The maximum absolute atomic E-state index is 15.4. The Morgan fingerprint density at radius 3 is 2.68 bits per heavy atom. The molecule has 1 amide bonds. The number of piperidine rings is 1. The average Bonchev–Trinajstić information content (AvgIpc) is 3.69. The highest BCUT2D eigenvalue weighted by molar-refractivity contribution is 5.87. The van der Waals surface area contributed by atoms with Crippen LogP contribution in [0.5, 0.6) is 0 Å². The van der Waals surface area contributed by atoms with Crippen LogP contribution in [0.15, 0.2) is 41.5 Å². The predicted octanol–water partition coefficient (Wildman–Crippen LogP) is 4.53. The number of nitrogens with zero attached hydrogens (tertiary/aromatic N) is 4. The lowest BCUT2D eigenvalue weighted by Gasteiger charge is -2.35. The Morgan fingerprint density at radius 2 is 2.03 bits per heavy atom. The van der Waals surface area contributed by atoms with Crippen LogP contribution < -0.4 is 10.9 Å². The van der Waals surface area contributed by atoms with Crippen LogP contribution in [0.4, 0.5) is 19.4 Å². The Bertz CT molecular complexity index is 1450. The number of aromatic amines is 1. The molecule has 1 aliphatic carbocycles. The lowest BCUT2D eigenvalue weighted by molar-refractivity contribution is -0.0836. The quantitative estimate of drug-likeness (QED) is 0.445. The second kappa shape index (κ2) is 9.10. The molecule has 0 spiro atoms. The van der Waals surface area contributed by atoms with Crippen molar-refractivity contribution in [1.29, 1.82) is 5.26 Å². The monoisotopic (exact) mass is 508 g/mol. The van der Waals surface area contributed by atoms with Crippen molar-refractivity contribution in [2.24, 2.45) is 5.92 Å². The molecule has 2 fully saturated rings. The third-order valence-corrected chi connectivity index (χ3v) is 7.53. The van der Waals surface area contributed by atoms with Gasteiger partial charge >= 0.3 is 6.09 Å². The van der Waals surface area contributed by atoms with Crippen molar-refractivity contribution in [3.8, 4) is 6.07 Å². The van der Waals surface area contributed by atoms with Crippen LogP contribution >= 0.6 is 0 Å². The van der Waals surface area contributed by atoms with Gasteiger partial charge in [0.1, 0.15) is 17.8 Å². The zero-order valence-electron chi connectivity index (χ0n) is 20.2. The molecule has 3 N–H and O–H groups in total. The van der Waals surface area contributed by atoms with Crippen LogP contribution in [0.2, 0.25) is 0 Å². The van der Waals surface area contributed by atoms with Gasteiger partial charge in [0.05, 0.1) is 16.9 Å². The molecule has 5 rings (SSSR count). The Hall–Kier alpha value is -4.07. The molecule has 1 aromatic carbocycles. The first-order valence-corrected chi connectivity index (χ1v) is 12.2. The molecule has 0 radical (unpaired) electrons. The highest BCUT2D eigenvalue weighted by Gasteiger charge is 2.47. The van der Waals surface area contributed by atoms with Crippen LogP contribution in [-0.4, -0.2) is 44.1 Å². The fraction of sp³-hybridized carbons (Fsp3) is 0.423. The average molecular weight is 509 g/mol. The Balaban J connectivity index is 1.39. The first-order valence-electron chi connectivity index (χ1n) is 12.2. The van der Waals surface area contributed by atoms with Crippen LogP contribution in [0.1, 0.15) is 55.3 Å². The van der Waals surface area contributed by atoms with E-state index in [1.807, 2.05) is 6.92 Å². The second-order valence-electron chi connectivity index (χ2n) is 9.85. The number of anilines is 1. The van der Waals surface area contributed by atoms with Gasteiger partial charge in [0.2, 0.25) is 0 Å². The van der Waals surface area contributed by atoms with E-state index in [2.05, 4.69) is 26.3 Å². The number of hydrogen-bond donors (Lipinski definition) is 3. The standard InChI is InChI=1S/C26H26F2N6O3/c1-15(16-3-2-4-18(11-16)26(27,28)17-5-9-34(10-6-17)24(36)37)32-21-19-12-20(25(13-29)7-8-25)23(35)33-22(19)31-14-30-21/h2-4,11-12,14-15,17H,5-10H2,1H3,(H,36,37)(H2,30,31,32,33,35)/t15-/m1/s1. The number of amides is 1. The lowest BCUT2D eigenvalue weighted by atomic mass is 9.85. The number of likely N-dealkylation sites (tertiary alicyclic amines) is 1. The molecule has 1 atom stereocenters. The van der Waals surface area contributed by atoms with Gasteiger partial charge in [-0.3, -0.25) is 4.79 Å². The number of nitrogens with one attached hydrogen (secondary N) is 2. The maximum atomic E-state index is 15.4. The van der Waals surface area contributed by atoms with E-state index in [-0.39, 0.29) is 37.1 Å². The van der Waals surface area contributed by atoms with Crippen LogP contribution in [0, 0.1) is 17.2 Å². The van der Waals surface area contributed by atoms with Crippen LogP contribution in [0.3, 0.4) is 0 Å². The predicted molar refractivity (Wildman–Crippen MR) is 131 cm³/mol. The number of hydrogen-bond acceptors (Lipinski definition) is 6. The number of alkyl halides is 2. The number of H-pyrrole nitrogens is 1. The van der Waals surface area contributed by atoms with Gasteiger partial charge in [0.15, 0.2) is 0 Å².